The van der Waals surface area contributed by atoms with Crippen molar-refractivity contribution in [3.05, 3.63) is 27.8 Å². The summed E-state index contributed by atoms with van der Waals surface area (Å²) in [6, 6.07) is 2.03. The molecule has 2 fully saturated rings. The maximum Gasteiger partial charge on any atom is 0.153 e. The van der Waals surface area contributed by atoms with E-state index in [1.165, 1.54) is 43.2 Å². The number of carbonyl (C=O) groups is 1. The van der Waals surface area contributed by atoms with Gasteiger partial charge in [0.15, 0.2) is 6.29 Å². The van der Waals surface area contributed by atoms with Crippen LogP contribution in [0.5, 0.6) is 5.75 Å². The highest BCUT2D eigenvalue weighted by Crippen LogP contribution is 2.52. The van der Waals surface area contributed by atoms with E-state index in [0.717, 1.165) is 6.29 Å². The van der Waals surface area contributed by atoms with E-state index in [0.29, 0.717) is 28.2 Å². The van der Waals surface area contributed by atoms with Gasteiger partial charge in [0.2, 0.25) is 0 Å². The summed E-state index contributed by atoms with van der Waals surface area (Å²) in [5.41, 5.74) is 3.17. The summed E-state index contributed by atoms with van der Waals surface area (Å²) < 4.78 is 5.82. The molecule has 2 nitrogen and oxygen atoms in total. The van der Waals surface area contributed by atoms with Gasteiger partial charge >= 0.3 is 0 Å². The van der Waals surface area contributed by atoms with Gasteiger partial charge in [-0.1, -0.05) is 18.0 Å². The van der Waals surface area contributed by atoms with Crippen LogP contribution >= 0.6 is 11.6 Å². The number of ether oxygens (including phenoxy) is 1. The number of halogens is 1. The summed E-state index contributed by atoms with van der Waals surface area (Å²) in [4.78, 5) is 11.4. The van der Waals surface area contributed by atoms with Gasteiger partial charge in [-0.15, -0.1) is 0 Å². The Morgan fingerprint density at radius 1 is 1.25 bits per heavy atom. The van der Waals surface area contributed by atoms with Crippen LogP contribution in [-0.4, -0.2) is 12.4 Å². The van der Waals surface area contributed by atoms with Crippen LogP contribution in [-0.2, 0) is 0 Å². The minimum absolute atomic E-state index is 0.0206. The Morgan fingerprint density at radius 3 is 2.40 bits per heavy atom. The molecule has 0 saturated heterocycles. The SMILES string of the molecule is CC(C)Oc1c(C=O)cc(C2CC2)c(C2CCC2)c1Cl. The smallest absolute Gasteiger partial charge is 0.153 e. The molecule has 0 aliphatic heterocycles. The number of benzene rings is 1. The molecule has 20 heavy (non-hydrogen) atoms. The van der Waals surface area contributed by atoms with Gasteiger partial charge in [0.25, 0.3) is 0 Å². The van der Waals surface area contributed by atoms with Crippen LogP contribution < -0.4 is 4.74 Å². The summed E-state index contributed by atoms with van der Waals surface area (Å²) in [7, 11) is 0. The minimum atomic E-state index is 0.0206. The lowest BCUT2D eigenvalue weighted by molar-refractivity contribution is 0.111. The number of hydrogen-bond acceptors (Lipinski definition) is 2. The van der Waals surface area contributed by atoms with Gasteiger partial charge in [-0.2, -0.15) is 0 Å². The molecule has 0 radical (unpaired) electrons. The minimum Gasteiger partial charge on any atom is -0.489 e. The van der Waals surface area contributed by atoms with Crippen molar-refractivity contribution in [2.75, 3.05) is 0 Å². The fourth-order valence-electron chi connectivity index (χ4n) is 2.97. The summed E-state index contributed by atoms with van der Waals surface area (Å²) in [6.45, 7) is 3.92. The van der Waals surface area contributed by atoms with Gasteiger partial charge in [0.05, 0.1) is 16.7 Å². The van der Waals surface area contributed by atoms with Crippen LogP contribution in [0.25, 0.3) is 0 Å². The van der Waals surface area contributed by atoms with Crippen LogP contribution in [0.15, 0.2) is 6.07 Å². The molecule has 2 aliphatic rings. The zero-order chi connectivity index (χ0) is 14.3. The second-order valence-electron chi connectivity index (χ2n) is 6.30. The van der Waals surface area contributed by atoms with Gasteiger partial charge in [0, 0.05) is 0 Å². The average Bonchev–Trinajstić information content (AvgIpc) is 3.16. The molecule has 0 aromatic heterocycles. The molecule has 1 aromatic rings. The molecule has 0 amide bonds. The number of carbonyl (C=O) groups excluding carboxylic acids is 1. The van der Waals surface area contributed by atoms with Gasteiger partial charge in [-0.25, -0.2) is 0 Å². The summed E-state index contributed by atoms with van der Waals surface area (Å²) in [5.74, 6) is 1.76. The molecule has 3 heteroatoms. The first-order valence-corrected chi connectivity index (χ1v) is 7.97. The van der Waals surface area contributed by atoms with Crippen LogP contribution in [0.1, 0.15) is 79.3 Å². The highest BCUT2D eigenvalue weighted by Gasteiger charge is 2.34. The third-order valence-corrected chi connectivity index (χ3v) is 4.71. The first-order valence-electron chi connectivity index (χ1n) is 7.60. The maximum absolute atomic E-state index is 11.4. The normalized spacial score (nSPS) is 19.0. The van der Waals surface area contributed by atoms with E-state index in [1.54, 1.807) is 0 Å². The van der Waals surface area contributed by atoms with Crippen LogP contribution in [0.2, 0.25) is 5.02 Å². The number of rotatable bonds is 5. The highest BCUT2D eigenvalue weighted by atomic mass is 35.5. The van der Waals surface area contributed by atoms with Crippen molar-refractivity contribution in [3.63, 3.8) is 0 Å². The molecule has 1 aromatic carbocycles. The predicted octanol–water partition coefficient (Wildman–Crippen LogP) is 5.08. The number of hydrogen-bond donors (Lipinski definition) is 0. The zero-order valence-corrected chi connectivity index (χ0v) is 12.9. The van der Waals surface area contributed by atoms with Crippen molar-refractivity contribution in [1.29, 1.82) is 0 Å². The monoisotopic (exact) mass is 292 g/mol. The fraction of sp³-hybridized carbons (Fsp3) is 0.588. The molecular weight excluding hydrogens is 272 g/mol. The Balaban J connectivity index is 2.11. The van der Waals surface area contributed by atoms with E-state index >= 15 is 0 Å². The van der Waals surface area contributed by atoms with E-state index in [-0.39, 0.29) is 6.10 Å². The summed E-state index contributed by atoms with van der Waals surface area (Å²) >= 11 is 6.64. The predicted molar refractivity (Wildman–Crippen MR) is 81.2 cm³/mol. The molecule has 0 heterocycles. The quantitative estimate of drug-likeness (QED) is 0.707. The fourth-order valence-corrected chi connectivity index (χ4v) is 3.39. The van der Waals surface area contributed by atoms with Crippen molar-refractivity contribution >= 4 is 17.9 Å². The molecule has 0 bridgehead atoms. The molecule has 108 valence electrons. The van der Waals surface area contributed by atoms with Crippen molar-refractivity contribution in [3.8, 4) is 5.75 Å². The Morgan fingerprint density at radius 2 is 1.95 bits per heavy atom. The van der Waals surface area contributed by atoms with Gasteiger partial charge in [-0.05, 0) is 68.6 Å². The Bertz CT molecular complexity index is 528. The third-order valence-electron chi connectivity index (χ3n) is 4.33. The average molecular weight is 293 g/mol. The second kappa shape index (κ2) is 5.40. The summed E-state index contributed by atoms with van der Waals surface area (Å²) in [5, 5.41) is 0.690. The standard InChI is InChI=1S/C17H21ClO2/c1-10(2)20-17-13(9-19)8-14(11-6-7-11)15(16(17)18)12-4-3-5-12/h8-12H,3-7H2,1-2H3. The summed E-state index contributed by atoms with van der Waals surface area (Å²) in [6.07, 6.45) is 7.03. The molecule has 0 spiro atoms. The van der Waals surface area contributed by atoms with Crippen LogP contribution in [0.4, 0.5) is 0 Å². The Labute approximate surface area is 125 Å². The van der Waals surface area contributed by atoms with Crippen molar-refractivity contribution in [2.45, 2.75) is 63.9 Å². The van der Waals surface area contributed by atoms with Crippen molar-refractivity contribution in [2.24, 2.45) is 0 Å². The third kappa shape index (κ3) is 2.46. The largest absolute Gasteiger partial charge is 0.489 e. The lowest BCUT2D eigenvalue weighted by Gasteiger charge is -2.30. The van der Waals surface area contributed by atoms with E-state index < -0.39 is 0 Å². The highest BCUT2D eigenvalue weighted by molar-refractivity contribution is 6.33. The maximum atomic E-state index is 11.4. The van der Waals surface area contributed by atoms with Gasteiger partial charge < -0.3 is 4.74 Å². The zero-order valence-electron chi connectivity index (χ0n) is 12.1. The van der Waals surface area contributed by atoms with E-state index in [4.69, 9.17) is 16.3 Å². The topological polar surface area (TPSA) is 26.3 Å². The molecule has 0 N–H and O–H groups in total. The number of aldehydes is 1. The Hall–Kier alpha value is -1.02. The van der Waals surface area contributed by atoms with Crippen LogP contribution in [0.3, 0.4) is 0 Å². The lowest BCUT2D eigenvalue weighted by atomic mass is 9.77. The van der Waals surface area contributed by atoms with E-state index in [2.05, 4.69) is 0 Å². The molecule has 2 aliphatic carbocycles. The first kappa shape index (κ1) is 13.9. The second-order valence-corrected chi connectivity index (χ2v) is 6.68. The molecule has 0 atom stereocenters. The van der Waals surface area contributed by atoms with Crippen molar-refractivity contribution in [1.82, 2.24) is 0 Å². The van der Waals surface area contributed by atoms with Gasteiger partial charge in [-0.3, -0.25) is 4.79 Å². The first-order chi connectivity index (χ1) is 9.61. The van der Waals surface area contributed by atoms with Crippen LogP contribution in [0, 0.1) is 0 Å². The van der Waals surface area contributed by atoms with Crippen molar-refractivity contribution < 1.29 is 9.53 Å². The Kier molecular flexibility index (Phi) is 3.76. The molecule has 0 unspecified atom stereocenters. The van der Waals surface area contributed by atoms with E-state index in [9.17, 15) is 4.79 Å². The van der Waals surface area contributed by atoms with E-state index in [1.807, 2.05) is 19.9 Å². The molecule has 2 saturated carbocycles. The van der Waals surface area contributed by atoms with Gasteiger partial charge in [0.1, 0.15) is 5.75 Å². The lowest BCUT2D eigenvalue weighted by Crippen LogP contribution is -2.15. The molecule has 3 rings (SSSR count). The molecular formula is C17H21ClO2.